The summed E-state index contributed by atoms with van der Waals surface area (Å²) in [4.78, 5) is 0.458. The Hall–Kier alpha value is -0.870. The van der Waals surface area contributed by atoms with Crippen LogP contribution in [0.4, 0.5) is 0 Å². The Bertz CT molecular complexity index is 485. The van der Waals surface area contributed by atoms with Gasteiger partial charge in [0.15, 0.2) is 9.84 Å². The van der Waals surface area contributed by atoms with Gasteiger partial charge in [-0.3, -0.25) is 0 Å². The van der Waals surface area contributed by atoms with E-state index >= 15 is 0 Å². The average Bonchev–Trinajstić information content (AvgIpc) is 2.39. The molecule has 0 heterocycles. The van der Waals surface area contributed by atoms with Crippen LogP contribution < -0.4 is 5.73 Å². The van der Waals surface area contributed by atoms with Gasteiger partial charge in [-0.1, -0.05) is 19.1 Å². The van der Waals surface area contributed by atoms with E-state index in [0.717, 1.165) is 19.3 Å². The lowest BCUT2D eigenvalue weighted by atomic mass is 9.96. The predicted molar refractivity (Wildman–Crippen MR) is 73.2 cm³/mol. The molecule has 1 aromatic rings. The molecule has 18 heavy (non-hydrogen) atoms. The Kier molecular flexibility index (Phi) is 4.07. The first-order chi connectivity index (χ1) is 8.54. The van der Waals surface area contributed by atoms with Crippen molar-refractivity contribution in [3.8, 4) is 0 Å². The predicted octanol–water partition coefficient (Wildman–Crippen LogP) is 2.29. The van der Waals surface area contributed by atoms with Gasteiger partial charge < -0.3 is 5.73 Å². The van der Waals surface area contributed by atoms with E-state index in [1.807, 2.05) is 12.1 Å². The quantitative estimate of drug-likeness (QED) is 0.914. The van der Waals surface area contributed by atoms with Gasteiger partial charge in [-0.2, -0.15) is 0 Å². The number of rotatable bonds is 3. The van der Waals surface area contributed by atoms with Crippen LogP contribution in [0.1, 0.15) is 38.2 Å². The number of hydrogen-bond acceptors (Lipinski definition) is 3. The highest BCUT2D eigenvalue weighted by atomic mass is 32.2. The van der Waals surface area contributed by atoms with Crippen LogP contribution >= 0.6 is 0 Å². The summed E-state index contributed by atoms with van der Waals surface area (Å²) >= 11 is 0. The average molecular weight is 267 g/mol. The zero-order valence-electron chi connectivity index (χ0n) is 10.8. The van der Waals surface area contributed by atoms with Crippen LogP contribution in [0.5, 0.6) is 0 Å². The minimum atomic E-state index is -3.17. The van der Waals surface area contributed by atoms with Crippen molar-refractivity contribution < 1.29 is 8.42 Å². The molecule has 1 aromatic carbocycles. The molecule has 2 rings (SSSR count). The summed E-state index contributed by atoms with van der Waals surface area (Å²) in [6.07, 6.45) is 3.95. The van der Waals surface area contributed by atoms with Crippen molar-refractivity contribution in [1.29, 1.82) is 0 Å². The fourth-order valence-corrected chi connectivity index (χ4v) is 4.30. The molecule has 4 heteroatoms. The molecule has 0 unspecified atom stereocenters. The van der Waals surface area contributed by atoms with Crippen molar-refractivity contribution in [3.63, 3.8) is 0 Å². The van der Waals surface area contributed by atoms with Crippen LogP contribution in [0.25, 0.3) is 0 Å². The summed E-state index contributed by atoms with van der Waals surface area (Å²) in [7, 11) is -3.17. The van der Waals surface area contributed by atoms with Crippen LogP contribution in [0.3, 0.4) is 0 Å². The standard InChI is InChI=1S/C14H21NO2S/c1-2-11-3-7-13(8-4-11)18(16,17)14-9-5-12(15)6-10-14/h3-4,7-8,12,14H,2,5-6,9-10,15H2,1H3. The third-order valence-electron chi connectivity index (χ3n) is 3.82. The third kappa shape index (κ3) is 2.75. The molecule has 0 saturated heterocycles. The van der Waals surface area contributed by atoms with Crippen molar-refractivity contribution in [3.05, 3.63) is 29.8 Å². The molecule has 1 aliphatic rings. The molecule has 3 nitrogen and oxygen atoms in total. The van der Waals surface area contributed by atoms with Crippen LogP contribution in [-0.4, -0.2) is 19.7 Å². The first-order valence-electron chi connectivity index (χ1n) is 6.62. The van der Waals surface area contributed by atoms with E-state index < -0.39 is 9.84 Å². The molecule has 0 bridgehead atoms. The van der Waals surface area contributed by atoms with E-state index in [0.29, 0.717) is 17.7 Å². The molecule has 1 aliphatic carbocycles. The van der Waals surface area contributed by atoms with Gasteiger partial charge in [-0.15, -0.1) is 0 Å². The lowest BCUT2D eigenvalue weighted by molar-refractivity contribution is 0.433. The van der Waals surface area contributed by atoms with E-state index in [1.165, 1.54) is 5.56 Å². The smallest absolute Gasteiger partial charge is 0.181 e. The molecule has 1 saturated carbocycles. The fourth-order valence-electron chi connectivity index (χ4n) is 2.51. The van der Waals surface area contributed by atoms with Gasteiger partial charge in [-0.25, -0.2) is 8.42 Å². The second kappa shape index (κ2) is 5.41. The van der Waals surface area contributed by atoms with E-state index in [4.69, 9.17) is 5.73 Å². The second-order valence-corrected chi connectivity index (χ2v) is 7.31. The summed E-state index contributed by atoms with van der Waals surface area (Å²) < 4.78 is 24.9. The zero-order valence-corrected chi connectivity index (χ0v) is 11.6. The minimum Gasteiger partial charge on any atom is -0.328 e. The van der Waals surface area contributed by atoms with Gasteiger partial charge in [0.1, 0.15) is 0 Å². The first kappa shape index (κ1) is 13.6. The van der Waals surface area contributed by atoms with Gasteiger partial charge in [0.2, 0.25) is 0 Å². The van der Waals surface area contributed by atoms with E-state index in [1.54, 1.807) is 12.1 Å². The highest BCUT2D eigenvalue weighted by Crippen LogP contribution is 2.28. The monoisotopic (exact) mass is 267 g/mol. The Balaban J connectivity index is 2.19. The maximum atomic E-state index is 12.5. The lowest BCUT2D eigenvalue weighted by Gasteiger charge is -2.25. The van der Waals surface area contributed by atoms with Gasteiger partial charge in [0, 0.05) is 6.04 Å². The lowest BCUT2D eigenvalue weighted by Crippen LogP contribution is -2.33. The topological polar surface area (TPSA) is 60.2 Å². The highest BCUT2D eigenvalue weighted by molar-refractivity contribution is 7.92. The summed E-state index contributed by atoms with van der Waals surface area (Å²) in [5, 5.41) is -0.246. The summed E-state index contributed by atoms with van der Waals surface area (Å²) in [6, 6.07) is 7.47. The second-order valence-electron chi connectivity index (χ2n) is 5.08. The normalized spacial score (nSPS) is 25.0. The summed E-state index contributed by atoms with van der Waals surface area (Å²) in [5.41, 5.74) is 6.99. The summed E-state index contributed by atoms with van der Waals surface area (Å²) in [5.74, 6) is 0. The molecule has 2 N–H and O–H groups in total. The molecule has 0 radical (unpaired) electrons. The largest absolute Gasteiger partial charge is 0.328 e. The Labute approximate surface area is 109 Å². The van der Waals surface area contributed by atoms with Crippen LogP contribution in [0, 0.1) is 0 Å². The molecule has 0 aliphatic heterocycles. The van der Waals surface area contributed by atoms with E-state index in [2.05, 4.69) is 6.92 Å². The van der Waals surface area contributed by atoms with Crippen molar-refractivity contribution in [2.75, 3.05) is 0 Å². The zero-order chi connectivity index (χ0) is 13.2. The van der Waals surface area contributed by atoms with Crippen molar-refractivity contribution >= 4 is 9.84 Å². The van der Waals surface area contributed by atoms with Crippen LogP contribution in [0.15, 0.2) is 29.2 Å². The first-order valence-corrected chi connectivity index (χ1v) is 8.17. The van der Waals surface area contributed by atoms with Gasteiger partial charge in [0.05, 0.1) is 10.1 Å². The fraction of sp³-hybridized carbons (Fsp3) is 0.571. The molecule has 0 aromatic heterocycles. The third-order valence-corrected chi connectivity index (χ3v) is 6.10. The molecule has 0 amide bonds. The van der Waals surface area contributed by atoms with E-state index in [9.17, 15) is 8.42 Å². The van der Waals surface area contributed by atoms with Crippen molar-refractivity contribution in [1.82, 2.24) is 0 Å². The maximum absolute atomic E-state index is 12.5. The van der Waals surface area contributed by atoms with Crippen molar-refractivity contribution in [2.45, 2.75) is 55.2 Å². The van der Waals surface area contributed by atoms with E-state index in [-0.39, 0.29) is 11.3 Å². The van der Waals surface area contributed by atoms with Gasteiger partial charge in [-0.05, 0) is 49.8 Å². The van der Waals surface area contributed by atoms with Gasteiger partial charge in [0.25, 0.3) is 0 Å². The molecular weight excluding hydrogens is 246 g/mol. The Morgan fingerprint density at radius 1 is 1.11 bits per heavy atom. The Morgan fingerprint density at radius 3 is 2.17 bits per heavy atom. The molecule has 100 valence electrons. The molecule has 0 atom stereocenters. The molecule has 1 fully saturated rings. The summed E-state index contributed by atoms with van der Waals surface area (Å²) in [6.45, 7) is 2.06. The number of nitrogens with two attached hydrogens (primary N) is 1. The molecular formula is C14H21NO2S. The van der Waals surface area contributed by atoms with Crippen LogP contribution in [0.2, 0.25) is 0 Å². The highest BCUT2D eigenvalue weighted by Gasteiger charge is 2.30. The number of hydrogen-bond donors (Lipinski definition) is 1. The maximum Gasteiger partial charge on any atom is 0.181 e. The number of aryl methyl sites for hydroxylation is 1. The SMILES string of the molecule is CCc1ccc(S(=O)(=O)C2CCC(N)CC2)cc1. The molecule has 0 spiro atoms. The van der Waals surface area contributed by atoms with Crippen LogP contribution in [-0.2, 0) is 16.3 Å². The van der Waals surface area contributed by atoms with Gasteiger partial charge >= 0.3 is 0 Å². The Morgan fingerprint density at radius 2 is 1.67 bits per heavy atom. The minimum absolute atomic E-state index is 0.180. The number of sulfone groups is 1. The van der Waals surface area contributed by atoms with Crippen molar-refractivity contribution in [2.24, 2.45) is 5.73 Å². The number of benzene rings is 1.